The van der Waals surface area contributed by atoms with E-state index >= 15 is 0 Å². The molecular formula is C30H27Cl2N7O6S. The van der Waals surface area contributed by atoms with Crippen molar-refractivity contribution in [2.45, 2.75) is 4.90 Å². The van der Waals surface area contributed by atoms with Crippen LogP contribution in [0.1, 0.15) is 10.5 Å². The largest absolute Gasteiger partial charge is 0.379 e. The number of benzene rings is 3. The van der Waals surface area contributed by atoms with Gasteiger partial charge in [-0.05, 0) is 42.5 Å². The third-order valence-electron chi connectivity index (χ3n) is 7.51. The summed E-state index contributed by atoms with van der Waals surface area (Å²) >= 11 is 12.4. The molecule has 6 rings (SSSR count). The van der Waals surface area contributed by atoms with Crippen LogP contribution in [-0.4, -0.2) is 78.3 Å². The Morgan fingerprint density at radius 3 is 2.59 bits per heavy atom. The molecule has 5 aromatic rings. The Hall–Kier alpha value is -4.47. The highest BCUT2D eigenvalue weighted by molar-refractivity contribution is 7.90. The number of fused-ring (bicyclic) bond motifs is 1. The number of aromatic amines is 1. The van der Waals surface area contributed by atoms with E-state index < -0.39 is 31.4 Å². The highest BCUT2D eigenvalue weighted by Crippen LogP contribution is 2.33. The molecule has 3 aromatic carbocycles. The van der Waals surface area contributed by atoms with E-state index in [1.54, 1.807) is 24.4 Å². The number of carbonyl (C=O) groups is 1. The van der Waals surface area contributed by atoms with Crippen LogP contribution in [0.2, 0.25) is 10.0 Å². The summed E-state index contributed by atoms with van der Waals surface area (Å²) in [5.41, 5.74) is 1.99. The van der Waals surface area contributed by atoms with E-state index in [2.05, 4.69) is 20.3 Å². The van der Waals surface area contributed by atoms with Crippen LogP contribution in [0.15, 0.2) is 77.8 Å². The van der Waals surface area contributed by atoms with Crippen molar-refractivity contribution in [2.75, 3.05) is 44.7 Å². The first-order valence-electron chi connectivity index (χ1n) is 14.1. The van der Waals surface area contributed by atoms with Gasteiger partial charge in [-0.1, -0.05) is 41.4 Å². The van der Waals surface area contributed by atoms with Crippen LogP contribution >= 0.6 is 23.2 Å². The fourth-order valence-corrected chi connectivity index (χ4v) is 6.44. The van der Waals surface area contributed by atoms with Gasteiger partial charge in [-0.25, -0.2) is 17.8 Å². The first-order chi connectivity index (χ1) is 22.1. The predicted molar refractivity (Wildman–Crippen MR) is 174 cm³/mol. The van der Waals surface area contributed by atoms with Gasteiger partial charge >= 0.3 is 0 Å². The minimum absolute atomic E-state index is 0.160. The van der Waals surface area contributed by atoms with Crippen LogP contribution in [-0.2, 0) is 14.8 Å². The smallest absolute Gasteiger partial charge is 0.293 e. The molecule has 46 heavy (non-hydrogen) atoms. The number of nitrogens with one attached hydrogen (secondary N) is 3. The van der Waals surface area contributed by atoms with Crippen LogP contribution in [0.5, 0.6) is 0 Å². The Morgan fingerprint density at radius 1 is 1.04 bits per heavy atom. The summed E-state index contributed by atoms with van der Waals surface area (Å²) in [6.45, 7) is 3.80. The van der Waals surface area contributed by atoms with E-state index in [0.29, 0.717) is 48.3 Å². The molecule has 0 atom stereocenters. The molecule has 1 saturated heterocycles. The number of carbonyl (C=O) groups excluding carboxylic acids is 1. The number of nitro benzene ring substituents is 1. The molecule has 13 nitrogen and oxygen atoms in total. The summed E-state index contributed by atoms with van der Waals surface area (Å²) < 4.78 is 35.4. The van der Waals surface area contributed by atoms with Crippen LogP contribution in [0.4, 0.5) is 11.4 Å². The second-order valence-electron chi connectivity index (χ2n) is 10.4. The Morgan fingerprint density at radius 2 is 1.83 bits per heavy atom. The van der Waals surface area contributed by atoms with E-state index in [1.165, 1.54) is 22.9 Å². The molecule has 1 aliphatic heterocycles. The minimum Gasteiger partial charge on any atom is -0.379 e. The maximum atomic E-state index is 13.4. The fourth-order valence-electron chi connectivity index (χ4n) is 5.17. The summed E-state index contributed by atoms with van der Waals surface area (Å²) in [6, 6.07) is 17.2. The Bertz CT molecular complexity index is 2060. The van der Waals surface area contributed by atoms with Crippen molar-refractivity contribution in [2.24, 2.45) is 0 Å². The minimum atomic E-state index is -4.53. The number of H-pyrrole nitrogens is 1. The van der Waals surface area contributed by atoms with Crippen LogP contribution in [0.3, 0.4) is 0 Å². The summed E-state index contributed by atoms with van der Waals surface area (Å²) in [5, 5.41) is 20.7. The van der Waals surface area contributed by atoms with Gasteiger partial charge in [-0.3, -0.25) is 19.8 Å². The van der Waals surface area contributed by atoms with Gasteiger partial charge in [-0.15, -0.1) is 0 Å². The van der Waals surface area contributed by atoms with Gasteiger partial charge in [0.2, 0.25) is 0 Å². The molecule has 1 fully saturated rings. The molecule has 0 radical (unpaired) electrons. The van der Waals surface area contributed by atoms with Crippen molar-refractivity contribution in [3.05, 3.63) is 98.8 Å². The molecule has 0 saturated carbocycles. The van der Waals surface area contributed by atoms with Crippen molar-refractivity contribution < 1.29 is 22.9 Å². The second-order valence-corrected chi connectivity index (χ2v) is 12.9. The van der Waals surface area contributed by atoms with E-state index in [9.17, 15) is 23.3 Å². The number of amides is 1. The zero-order valence-electron chi connectivity index (χ0n) is 24.1. The Balaban J connectivity index is 1.28. The third-order valence-corrected chi connectivity index (χ3v) is 9.57. The van der Waals surface area contributed by atoms with Crippen molar-refractivity contribution in [3.63, 3.8) is 0 Å². The van der Waals surface area contributed by atoms with Crippen molar-refractivity contribution >= 4 is 61.4 Å². The first-order valence-corrected chi connectivity index (χ1v) is 16.4. The van der Waals surface area contributed by atoms with Crippen LogP contribution < -0.4 is 10.0 Å². The number of sulfonamides is 1. The number of hydrogen-bond acceptors (Lipinski definition) is 9. The maximum absolute atomic E-state index is 13.4. The first kappa shape index (κ1) is 31.5. The van der Waals surface area contributed by atoms with Gasteiger partial charge in [-0.2, -0.15) is 5.10 Å². The maximum Gasteiger partial charge on any atom is 0.293 e. The Labute approximate surface area is 273 Å². The molecule has 0 aliphatic carbocycles. The number of halogens is 2. The number of ether oxygens (including phenoxy) is 1. The number of anilines is 1. The molecule has 0 spiro atoms. The van der Waals surface area contributed by atoms with E-state index in [1.807, 2.05) is 29.0 Å². The van der Waals surface area contributed by atoms with Gasteiger partial charge in [0.25, 0.3) is 21.6 Å². The van der Waals surface area contributed by atoms with E-state index in [4.69, 9.17) is 27.9 Å². The lowest BCUT2D eigenvalue weighted by Crippen LogP contribution is -2.39. The van der Waals surface area contributed by atoms with Crippen molar-refractivity contribution in [3.8, 4) is 16.9 Å². The van der Waals surface area contributed by atoms with Crippen molar-refractivity contribution in [1.29, 1.82) is 0 Å². The lowest BCUT2D eigenvalue weighted by atomic mass is 10.1. The number of morpholine rings is 1. The Kier molecular flexibility index (Phi) is 8.97. The lowest BCUT2D eigenvalue weighted by molar-refractivity contribution is -0.384. The lowest BCUT2D eigenvalue weighted by Gasteiger charge is -2.26. The van der Waals surface area contributed by atoms with Gasteiger partial charge in [0.05, 0.1) is 44.5 Å². The van der Waals surface area contributed by atoms with Gasteiger partial charge < -0.3 is 15.0 Å². The van der Waals surface area contributed by atoms with Crippen LogP contribution in [0.25, 0.3) is 27.8 Å². The summed E-state index contributed by atoms with van der Waals surface area (Å²) in [4.78, 5) is 29.4. The quantitative estimate of drug-likeness (QED) is 0.134. The number of aromatic nitrogens is 3. The standard InChI is InChI=1S/C30H27Cl2N7O6S/c31-23-7-5-19(15-24(23)32)38-28(22-18-34-25-4-2-1-3-21(22)25)17-27(35-38)30(40)36-46(43,44)20-6-8-26(29(16-20)39(41)42)33-9-10-37-11-13-45-14-12-37/h1-8,15-18,33-34H,9-14H2,(H,36,40). The van der Waals surface area contributed by atoms with E-state index in [-0.39, 0.29) is 16.4 Å². The fraction of sp³-hybridized carbons (Fsp3) is 0.200. The number of nitro groups is 1. The number of para-hydroxylation sites is 1. The zero-order valence-corrected chi connectivity index (χ0v) is 26.4. The highest BCUT2D eigenvalue weighted by atomic mass is 35.5. The summed E-state index contributed by atoms with van der Waals surface area (Å²) in [6.07, 6.45) is 1.75. The molecule has 2 aromatic heterocycles. The van der Waals surface area contributed by atoms with E-state index in [0.717, 1.165) is 30.1 Å². The van der Waals surface area contributed by atoms with Gasteiger partial charge in [0, 0.05) is 54.9 Å². The number of hydrogen-bond donors (Lipinski definition) is 3. The second kappa shape index (κ2) is 13.1. The third kappa shape index (κ3) is 6.57. The van der Waals surface area contributed by atoms with Gasteiger partial charge in [0.1, 0.15) is 5.69 Å². The molecule has 0 bridgehead atoms. The topological polar surface area (TPSA) is 164 Å². The number of rotatable bonds is 10. The molecule has 0 unspecified atom stereocenters. The highest BCUT2D eigenvalue weighted by Gasteiger charge is 2.26. The van der Waals surface area contributed by atoms with Gasteiger partial charge in [0.15, 0.2) is 5.69 Å². The molecule has 16 heteroatoms. The molecule has 1 aliphatic rings. The molecular weight excluding hydrogens is 657 g/mol. The SMILES string of the molecule is O=C(NS(=O)(=O)c1ccc(NCCN2CCOCC2)c([N+](=O)[O-])c1)c1cc(-c2c[nH]c3ccccc23)n(-c2ccc(Cl)c(Cl)c2)n1. The molecule has 3 N–H and O–H groups in total. The predicted octanol–water partition coefficient (Wildman–Crippen LogP) is 5.10. The number of nitrogens with zero attached hydrogens (tertiary/aromatic N) is 4. The normalized spacial score (nSPS) is 14.0. The summed E-state index contributed by atoms with van der Waals surface area (Å²) in [7, 11) is -4.53. The molecule has 238 valence electrons. The van der Waals surface area contributed by atoms with Crippen molar-refractivity contribution in [1.82, 2.24) is 24.4 Å². The monoisotopic (exact) mass is 683 g/mol. The molecule has 1 amide bonds. The average molecular weight is 685 g/mol. The zero-order chi connectivity index (χ0) is 32.4. The summed E-state index contributed by atoms with van der Waals surface area (Å²) in [5.74, 6) is -1.03. The van der Waals surface area contributed by atoms with Crippen LogP contribution in [0, 0.1) is 10.1 Å². The average Bonchev–Trinajstić information content (AvgIpc) is 3.68. The molecule has 3 heterocycles.